The summed E-state index contributed by atoms with van der Waals surface area (Å²) in [7, 11) is 0. The molecule has 0 atom stereocenters. The number of rotatable bonds is 12. The Balaban J connectivity index is 1.73. The summed E-state index contributed by atoms with van der Waals surface area (Å²) in [5.41, 5.74) is 0.714. The number of hydrogen-bond acceptors (Lipinski definition) is 3. The molecule has 0 fully saturated rings. The molecular weight excluding hydrogens is 326 g/mol. The van der Waals surface area contributed by atoms with Crippen molar-refractivity contribution in [3.63, 3.8) is 0 Å². The van der Waals surface area contributed by atoms with Gasteiger partial charge in [-0.05, 0) is 30.7 Å². The van der Waals surface area contributed by atoms with Crippen molar-refractivity contribution in [3.05, 3.63) is 54.6 Å². The van der Waals surface area contributed by atoms with E-state index in [1.54, 1.807) is 0 Å². The van der Waals surface area contributed by atoms with Gasteiger partial charge in [0.2, 0.25) is 5.91 Å². The van der Waals surface area contributed by atoms with Crippen LogP contribution in [0.5, 0.6) is 11.5 Å². The molecule has 2 rings (SSSR count). The third-order valence-corrected chi connectivity index (χ3v) is 4.02. The number of carbonyl (C=O) groups excluding carboxylic acids is 1. The summed E-state index contributed by atoms with van der Waals surface area (Å²) in [5, 5.41) is 2.96. The third kappa shape index (κ3) is 7.60. The monoisotopic (exact) mass is 355 g/mol. The van der Waals surface area contributed by atoms with Crippen LogP contribution in [-0.2, 0) is 4.79 Å². The van der Waals surface area contributed by atoms with Crippen molar-refractivity contribution in [2.24, 2.45) is 0 Å². The van der Waals surface area contributed by atoms with Crippen molar-refractivity contribution in [1.29, 1.82) is 0 Å². The normalized spacial score (nSPS) is 10.3. The minimum absolute atomic E-state index is 0.0399. The lowest BCUT2D eigenvalue weighted by Gasteiger charge is -2.13. The molecule has 140 valence electrons. The van der Waals surface area contributed by atoms with Crippen molar-refractivity contribution in [2.45, 2.75) is 45.4 Å². The van der Waals surface area contributed by atoms with Gasteiger partial charge in [0.15, 0.2) is 0 Å². The lowest BCUT2D eigenvalue weighted by atomic mass is 10.1. The zero-order chi connectivity index (χ0) is 18.5. The SMILES string of the molecule is CCCCCCCC(=O)Nc1ccccc1OCCOc1ccccc1. The molecule has 4 heteroatoms. The second kappa shape index (κ2) is 12.0. The molecule has 0 aromatic heterocycles. The smallest absolute Gasteiger partial charge is 0.224 e. The topological polar surface area (TPSA) is 47.6 Å². The Labute approximate surface area is 156 Å². The number of amides is 1. The molecule has 1 amide bonds. The van der Waals surface area contributed by atoms with Gasteiger partial charge in [-0.15, -0.1) is 0 Å². The Morgan fingerprint density at radius 2 is 1.54 bits per heavy atom. The van der Waals surface area contributed by atoms with E-state index in [4.69, 9.17) is 9.47 Å². The van der Waals surface area contributed by atoms with Crippen molar-refractivity contribution in [2.75, 3.05) is 18.5 Å². The molecule has 0 saturated heterocycles. The largest absolute Gasteiger partial charge is 0.490 e. The van der Waals surface area contributed by atoms with Crippen LogP contribution in [-0.4, -0.2) is 19.1 Å². The number of nitrogens with one attached hydrogen (secondary N) is 1. The molecule has 0 unspecified atom stereocenters. The summed E-state index contributed by atoms with van der Waals surface area (Å²) >= 11 is 0. The quantitative estimate of drug-likeness (QED) is 0.515. The van der Waals surface area contributed by atoms with Gasteiger partial charge in [-0.3, -0.25) is 4.79 Å². The fourth-order valence-electron chi connectivity index (χ4n) is 2.63. The Kier molecular flexibility index (Phi) is 9.12. The van der Waals surface area contributed by atoms with E-state index in [2.05, 4.69) is 12.2 Å². The van der Waals surface area contributed by atoms with Crippen LogP contribution in [0, 0.1) is 0 Å². The van der Waals surface area contributed by atoms with E-state index in [1.165, 1.54) is 19.3 Å². The first-order chi connectivity index (χ1) is 12.8. The molecule has 2 aromatic rings. The van der Waals surface area contributed by atoms with E-state index in [1.807, 2.05) is 54.6 Å². The van der Waals surface area contributed by atoms with Gasteiger partial charge in [0.25, 0.3) is 0 Å². The average molecular weight is 355 g/mol. The maximum atomic E-state index is 12.1. The van der Waals surface area contributed by atoms with E-state index in [-0.39, 0.29) is 5.91 Å². The molecule has 4 nitrogen and oxygen atoms in total. The first kappa shape index (κ1) is 19.8. The van der Waals surface area contributed by atoms with Crippen LogP contribution >= 0.6 is 0 Å². The molecule has 0 aliphatic carbocycles. The first-order valence-electron chi connectivity index (χ1n) is 9.49. The predicted molar refractivity (Wildman–Crippen MR) is 106 cm³/mol. The van der Waals surface area contributed by atoms with Gasteiger partial charge in [-0.2, -0.15) is 0 Å². The summed E-state index contributed by atoms with van der Waals surface area (Å²) in [4.78, 5) is 12.1. The van der Waals surface area contributed by atoms with Crippen molar-refractivity contribution in [1.82, 2.24) is 0 Å². The fraction of sp³-hybridized carbons (Fsp3) is 0.409. The summed E-state index contributed by atoms with van der Waals surface area (Å²) in [6.07, 6.45) is 6.24. The number of carbonyl (C=O) groups is 1. The van der Waals surface area contributed by atoms with E-state index < -0.39 is 0 Å². The molecule has 0 bridgehead atoms. The van der Waals surface area contributed by atoms with Gasteiger partial charge < -0.3 is 14.8 Å². The summed E-state index contributed by atoms with van der Waals surface area (Å²) < 4.78 is 11.4. The highest BCUT2D eigenvalue weighted by Gasteiger charge is 2.07. The van der Waals surface area contributed by atoms with Crippen LogP contribution in [0.3, 0.4) is 0 Å². The van der Waals surface area contributed by atoms with Gasteiger partial charge in [0.05, 0.1) is 5.69 Å². The Morgan fingerprint density at radius 3 is 2.35 bits per heavy atom. The number of anilines is 1. The van der Waals surface area contributed by atoms with Crippen molar-refractivity contribution >= 4 is 11.6 Å². The van der Waals surface area contributed by atoms with E-state index >= 15 is 0 Å². The standard InChI is InChI=1S/C22H29NO3/c1-2-3-4-5-9-16-22(24)23-20-14-10-11-15-21(20)26-18-17-25-19-12-7-6-8-13-19/h6-8,10-15H,2-5,9,16-18H2,1H3,(H,23,24). The zero-order valence-corrected chi connectivity index (χ0v) is 15.6. The van der Waals surface area contributed by atoms with Crippen LogP contribution < -0.4 is 14.8 Å². The second-order valence-corrected chi connectivity index (χ2v) is 6.22. The Hall–Kier alpha value is -2.49. The number of para-hydroxylation sites is 3. The average Bonchev–Trinajstić information content (AvgIpc) is 2.67. The number of unbranched alkanes of at least 4 members (excludes halogenated alkanes) is 4. The van der Waals surface area contributed by atoms with Gasteiger partial charge in [0, 0.05) is 6.42 Å². The summed E-state index contributed by atoms with van der Waals surface area (Å²) in [5.74, 6) is 1.53. The molecule has 0 spiro atoms. The fourth-order valence-corrected chi connectivity index (χ4v) is 2.63. The van der Waals surface area contributed by atoms with Crippen molar-refractivity contribution in [3.8, 4) is 11.5 Å². The first-order valence-corrected chi connectivity index (χ1v) is 9.49. The highest BCUT2D eigenvalue weighted by molar-refractivity contribution is 5.92. The lowest BCUT2D eigenvalue weighted by molar-refractivity contribution is -0.116. The second-order valence-electron chi connectivity index (χ2n) is 6.22. The molecule has 0 heterocycles. The van der Waals surface area contributed by atoms with Gasteiger partial charge in [-0.1, -0.05) is 62.9 Å². The molecular formula is C22H29NO3. The van der Waals surface area contributed by atoms with Crippen molar-refractivity contribution < 1.29 is 14.3 Å². The number of ether oxygens (including phenoxy) is 2. The van der Waals surface area contributed by atoms with Gasteiger partial charge in [0.1, 0.15) is 24.7 Å². The summed E-state index contributed by atoms with van der Waals surface area (Å²) in [6, 6.07) is 17.2. The Morgan fingerprint density at radius 1 is 0.846 bits per heavy atom. The molecule has 0 radical (unpaired) electrons. The third-order valence-electron chi connectivity index (χ3n) is 4.02. The minimum atomic E-state index is 0.0399. The Bertz CT molecular complexity index is 643. The van der Waals surface area contributed by atoms with E-state index in [0.717, 1.165) is 18.6 Å². The lowest BCUT2D eigenvalue weighted by Crippen LogP contribution is -2.14. The highest BCUT2D eigenvalue weighted by atomic mass is 16.5. The van der Waals surface area contributed by atoms with Gasteiger partial charge >= 0.3 is 0 Å². The van der Waals surface area contributed by atoms with E-state index in [9.17, 15) is 4.79 Å². The molecule has 0 aliphatic heterocycles. The van der Waals surface area contributed by atoms with Gasteiger partial charge in [-0.25, -0.2) is 0 Å². The minimum Gasteiger partial charge on any atom is -0.490 e. The molecule has 26 heavy (non-hydrogen) atoms. The van der Waals surface area contributed by atoms with Crippen LogP contribution in [0.1, 0.15) is 45.4 Å². The highest BCUT2D eigenvalue weighted by Crippen LogP contribution is 2.24. The van der Waals surface area contributed by atoms with E-state index in [0.29, 0.717) is 31.1 Å². The predicted octanol–water partition coefficient (Wildman–Crippen LogP) is 5.44. The van der Waals surface area contributed by atoms with Crippen LogP contribution in [0.2, 0.25) is 0 Å². The van der Waals surface area contributed by atoms with Crippen LogP contribution in [0.25, 0.3) is 0 Å². The number of hydrogen-bond donors (Lipinski definition) is 1. The molecule has 1 N–H and O–H groups in total. The maximum Gasteiger partial charge on any atom is 0.224 e. The molecule has 0 aliphatic rings. The number of benzene rings is 2. The summed E-state index contributed by atoms with van der Waals surface area (Å²) in [6.45, 7) is 3.05. The zero-order valence-electron chi connectivity index (χ0n) is 15.6. The van der Waals surface area contributed by atoms with Crippen LogP contribution in [0.4, 0.5) is 5.69 Å². The van der Waals surface area contributed by atoms with Crippen LogP contribution in [0.15, 0.2) is 54.6 Å². The molecule has 0 saturated carbocycles. The molecule has 2 aromatic carbocycles. The maximum absolute atomic E-state index is 12.1.